The molecule has 1 aromatic rings. The number of hydrogen-bond donors (Lipinski definition) is 0. The summed E-state index contributed by atoms with van der Waals surface area (Å²) in [5.74, 6) is -1.65. The van der Waals surface area contributed by atoms with Crippen molar-refractivity contribution in [3.05, 3.63) is 29.3 Å². The van der Waals surface area contributed by atoms with E-state index in [-0.39, 0.29) is 42.5 Å². The zero-order valence-electron chi connectivity index (χ0n) is 15.9. The molecule has 0 radical (unpaired) electrons. The van der Waals surface area contributed by atoms with Crippen molar-refractivity contribution in [1.29, 1.82) is 0 Å². The Hall–Kier alpha value is -2.41. The van der Waals surface area contributed by atoms with Gasteiger partial charge in [0.25, 0.3) is 5.91 Å². The van der Waals surface area contributed by atoms with E-state index in [1.807, 2.05) is 6.92 Å². The van der Waals surface area contributed by atoms with Gasteiger partial charge in [-0.1, -0.05) is 19.4 Å². The Morgan fingerprint density at radius 3 is 2.27 bits per heavy atom. The highest BCUT2D eigenvalue weighted by Gasteiger charge is 2.26. The third kappa shape index (κ3) is 5.84. The highest BCUT2D eigenvalue weighted by Crippen LogP contribution is 2.25. The summed E-state index contributed by atoms with van der Waals surface area (Å²) in [6.45, 7) is 6.07. The third-order valence-electron chi connectivity index (χ3n) is 3.62. The van der Waals surface area contributed by atoms with E-state index < -0.39 is 11.9 Å². The maximum atomic E-state index is 12.4. The van der Waals surface area contributed by atoms with E-state index in [9.17, 15) is 14.4 Å². The summed E-state index contributed by atoms with van der Waals surface area (Å²) in [7, 11) is 1.53. The van der Waals surface area contributed by atoms with Gasteiger partial charge >= 0.3 is 11.9 Å². The number of likely N-dealkylation sites (N-methyl/N-ethyl adjacent to an activating group) is 1. The minimum absolute atomic E-state index is 0.0113. The predicted octanol–water partition coefficient (Wildman–Crippen LogP) is 2.82. The molecule has 0 heterocycles. The van der Waals surface area contributed by atoms with Crippen molar-refractivity contribution in [2.75, 3.05) is 38.4 Å². The molecule has 144 valence electrons. The fourth-order valence-corrected chi connectivity index (χ4v) is 2.25. The van der Waals surface area contributed by atoms with E-state index in [4.69, 9.17) is 14.2 Å². The summed E-state index contributed by atoms with van der Waals surface area (Å²) in [6, 6.07) is 4.65. The number of ether oxygens (including phenoxy) is 3. The number of unbranched alkanes of at least 4 members (excludes halogenated alkanes) is 1. The molecule has 0 saturated carbocycles. The Morgan fingerprint density at radius 1 is 1.00 bits per heavy atom. The van der Waals surface area contributed by atoms with Gasteiger partial charge in [0.1, 0.15) is 6.61 Å². The molecule has 0 aliphatic carbocycles. The number of amides is 1. The molecule has 0 bridgehead atoms. The summed E-state index contributed by atoms with van der Waals surface area (Å²) in [4.78, 5) is 38.3. The molecule has 0 saturated heterocycles. The number of carbonyl (C=O) groups is 3. The van der Waals surface area contributed by atoms with Crippen LogP contribution in [0.25, 0.3) is 0 Å². The first-order chi connectivity index (χ1) is 12.5. The van der Waals surface area contributed by atoms with Gasteiger partial charge in [-0.2, -0.15) is 0 Å². The number of esters is 2. The van der Waals surface area contributed by atoms with Crippen LogP contribution in [0.15, 0.2) is 18.2 Å². The van der Waals surface area contributed by atoms with Crippen LogP contribution in [0.3, 0.4) is 0 Å². The van der Waals surface area contributed by atoms with Crippen molar-refractivity contribution in [1.82, 2.24) is 0 Å². The van der Waals surface area contributed by atoms with Crippen molar-refractivity contribution >= 4 is 23.5 Å². The standard InChI is InChI=1S/C19H27NO6/c1-5-8-12-24-13-16(21)20(4)15-11-9-10-14(18(22)25-6-2)17(15)19(23)26-7-3/h9-11H,5-8,12-13H2,1-4H3. The van der Waals surface area contributed by atoms with Gasteiger partial charge in [0.05, 0.1) is 30.0 Å². The highest BCUT2D eigenvalue weighted by atomic mass is 16.5. The minimum atomic E-state index is -0.683. The Morgan fingerprint density at radius 2 is 1.65 bits per heavy atom. The molecule has 0 atom stereocenters. The van der Waals surface area contributed by atoms with E-state index in [2.05, 4.69) is 0 Å². The van der Waals surface area contributed by atoms with E-state index in [0.717, 1.165) is 12.8 Å². The first-order valence-electron chi connectivity index (χ1n) is 8.79. The second-order valence-electron chi connectivity index (χ2n) is 5.50. The lowest BCUT2D eigenvalue weighted by Gasteiger charge is -2.21. The van der Waals surface area contributed by atoms with Crippen LogP contribution in [0.4, 0.5) is 5.69 Å². The SMILES string of the molecule is CCCCOCC(=O)N(C)c1cccc(C(=O)OCC)c1C(=O)OCC. The van der Waals surface area contributed by atoms with Crippen molar-refractivity contribution in [2.24, 2.45) is 0 Å². The van der Waals surface area contributed by atoms with Crippen LogP contribution in [0.5, 0.6) is 0 Å². The topological polar surface area (TPSA) is 82.1 Å². The van der Waals surface area contributed by atoms with Crippen LogP contribution in [0, 0.1) is 0 Å². The molecule has 0 N–H and O–H groups in total. The molecule has 0 unspecified atom stereocenters. The number of carbonyl (C=O) groups excluding carboxylic acids is 3. The lowest BCUT2D eigenvalue weighted by Crippen LogP contribution is -2.32. The smallest absolute Gasteiger partial charge is 0.341 e. The summed E-state index contributed by atoms with van der Waals surface area (Å²) in [5, 5.41) is 0. The summed E-state index contributed by atoms with van der Waals surface area (Å²) < 4.78 is 15.4. The first-order valence-corrected chi connectivity index (χ1v) is 8.79. The number of anilines is 1. The van der Waals surface area contributed by atoms with Gasteiger partial charge in [0.2, 0.25) is 0 Å². The normalized spacial score (nSPS) is 10.3. The second-order valence-corrected chi connectivity index (χ2v) is 5.50. The number of rotatable bonds is 10. The zero-order valence-corrected chi connectivity index (χ0v) is 15.9. The summed E-state index contributed by atoms with van der Waals surface area (Å²) >= 11 is 0. The van der Waals surface area contributed by atoms with Crippen molar-refractivity contribution < 1.29 is 28.6 Å². The Kier molecular flexibility index (Phi) is 9.36. The molecule has 26 heavy (non-hydrogen) atoms. The predicted molar refractivity (Wildman–Crippen MR) is 97.5 cm³/mol. The van der Waals surface area contributed by atoms with Crippen LogP contribution in [-0.4, -0.2) is 51.3 Å². The van der Waals surface area contributed by atoms with E-state index in [0.29, 0.717) is 6.61 Å². The summed E-state index contributed by atoms with van der Waals surface area (Å²) in [6.07, 6.45) is 1.84. The maximum Gasteiger partial charge on any atom is 0.341 e. The van der Waals surface area contributed by atoms with Gasteiger partial charge in [-0.25, -0.2) is 9.59 Å². The summed E-state index contributed by atoms with van der Waals surface area (Å²) in [5.41, 5.74) is 0.352. The molecule has 1 amide bonds. The van der Waals surface area contributed by atoms with Crippen LogP contribution in [0.1, 0.15) is 54.3 Å². The number of nitrogens with zero attached hydrogens (tertiary/aromatic N) is 1. The quantitative estimate of drug-likeness (QED) is 0.468. The largest absolute Gasteiger partial charge is 0.462 e. The number of hydrogen-bond acceptors (Lipinski definition) is 6. The molecule has 0 spiro atoms. The molecular weight excluding hydrogens is 338 g/mol. The first kappa shape index (κ1) is 21.6. The van der Waals surface area contributed by atoms with E-state index in [1.165, 1.54) is 18.0 Å². The van der Waals surface area contributed by atoms with Crippen LogP contribution in [-0.2, 0) is 19.0 Å². The van der Waals surface area contributed by atoms with Gasteiger partial charge in [0, 0.05) is 13.7 Å². The molecule has 7 heteroatoms. The Labute approximate surface area is 154 Å². The lowest BCUT2D eigenvalue weighted by molar-refractivity contribution is -0.122. The minimum Gasteiger partial charge on any atom is -0.462 e. The van der Waals surface area contributed by atoms with Crippen molar-refractivity contribution in [3.63, 3.8) is 0 Å². The van der Waals surface area contributed by atoms with Crippen molar-refractivity contribution in [2.45, 2.75) is 33.6 Å². The van der Waals surface area contributed by atoms with Gasteiger partial charge in [-0.15, -0.1) is 0 Å². The molecule has 0 aromatic heterocycles. The molecular formula is C19H27NO6. The molecule has 0 fully saturated rings. The Balaban J connectivity index is 3.15. The monoisotopic (exact) mass is 365 g/mol. The van der Waals surface area contributed by atoms with E-state index >= 15 is 0 Å². The van der Waals surface area contributed by atoms with Crippen LogP contribution < -0.4 is 4.90 Å². The fraction of sp³-hybridized carbons (Fsp3) is 0.526. The van der Waals surface area contributed by atoms with Crippen molar-refractivity contribution in [3.8, 4) is 0 Å². The van der Waals surface area contributed by atoms with Gasteiger partial charge in [0.15, 0.2) is 0 Å². The number of benzene rings is 1. The lowest BCUT2D eigenvalue weighted by atomic mass is 10.0. The fourth-order valence-electron chi connectivity index (χ4n) is 2.25. The van der Waals surface area contributed by atoms with Gasteiger partial charge in [-0.3, -0.25) is 4.79 Å². The average molecular weight is 365 g/mol. The Bertz CT molecular complexity index is 628. The molecule has 0 aliphatic rings. The van der Waals surface area contributed by atoms with Crippen LogP contribution in [0.2, 0.25) is 0 Å². The third-order valence-corrected chi connectivity index (χ3v) is 3.62. The molecule has 1 rings (SSSR count). The van der Waals surface area contributed by atoms with Gasteiger partial charge < -0.3 is 19.1 Å². The van der Waals surface area contributed by atoms with Gasteiger partial charge in [-0.05, 0) is 32.4 Å². The average Bonchev–Trinajstić information content (AvgIpc) is 2.64. The molecule has 0 aliphatic heterocycles. The molecule has 7 nitrogen and oxygen atoms in total. The highest BCUT2D eigenvalue weighted by molar-refractivity contribution is 6.10. The second kappa shape index (κ2) is 11.3. The zero-order chi connectivity index (χ0) is 19.5. The maximum absolute atomic E-state index is 12.4. The van der Waals surface area contributed by atoms with E-state index in [1.54, 1.807) is 26.0 Å². The van der Waals surface area contributed by atoms with Crippen LogP contribution >= 0.6 is 0 Å². The molecule has 1 aromatic carbocycles.